The molecular formula is C19H19ClN2O5. The van der Waals surface area contributed by atoms with Crippen LogP contribution in [0.4, 0.5) is 10.5 Å². The number of halogens is 1. The molecule has 27 heavy (non-hydrogen) atoms. The van der Waals surface area contributed by atoms with Crippen LogP contribution < -0.4 is 20.1 Å². The predicted octanol–water partition coefficient (Wildman–Crippen LogP) is 3.67. The van der Waals surface area contributed by atoms with Crippen molar-refractivity contribution >= 4 is 29.3 Å². The van der Waals surface area contributed by atoms with Gasteiger partial charge in [-0.05, 0) is 18.4 Å². The lowest BCUT2D eigenvalue weighted by Gasteiger charge is -2.19. The van der Waals surface area contributed by atoms with Crippen molar-refractivity contribution in [3.8, 4) is 11.5 Å². The second-order valence-corrected chi connectivity index (χ2v) is 6.51. The van der Waals surface area contributed by atoms with Crippen molar-refractivity contribution in [3.05, 3.63) is 53.1 Å². The van der Waals surface area contributed by atoms with Crippen molar-refractivity contribution in [3.63, 3.8) is 0 Å². The maximum Gasteiger partial charge on any atom is 0.319 e. The molecule has 7 nitrogen and oxygen atoms in total. The fourth-order valence-corrected chi connectivity index (χ4v) is 2.98. The van der Waals surface area contributed by atoms with Gasteiger partial charge in [0, 0.05) is 24.6 Å². The standard InChI is InChI=1S/C19H19ClN2O5/c20-14-9-16-17(27-11-26-16)10-15(14)22-19(25)21-13(6-7-18(23)24)8-12-4-2-1-3-5-12/h1-5,9-10,13H,6-8,11H2,(H,23,24)(H2,21,22,25). The molecule has 1 aliphatic rings. The number of anilines is 1. The monoisotopic (exact) mass is 390 g/mol. The van der Waals surface area contributed by atoms with E-state index in [-0.39, 0.29) is 19.3 Å². The van der Waals surface area contributed by atoms with Crippen LogP contribution in [-0.2, 0) is 11.2 Å². The minimum Gasteiger partial charge on any atom is -0.481 e. The van der Waals surface area contributed by atoms with Crippen LogP contribution in [0.3, 0.4) is 0 Å². The molecule has 1 heterocycles. The molecular weight excluding hydrogens is 372 g/mol. The van der Waals surface area contributed by atoms with Gasteiger partial charge in [0.1, 0.15) is 0 Å². The quantitative estimate of drug-likeness (QED) is 0.670. The van der Waals surface area contributed by atoms with Crippen LogP contribution in [-0.4, -0.2) is 29.9 Å². The predicted molar refractivity (Wildman–Crippen MR) is 101 cm³/mol. The van der Waals surface area contributed by atoms with Crippen LogP contribution in [0, 0.1) is 0 Å². The summed E-state index contributed by atoms with van der Waals surface area (Å²) in [5, 5.41) is 14.8. The highest BCUT2D eigenvalue weighted by Gasteiger charge is 2.19. The number of hydrogen-bond acceptors (Lipinski definition) is 4. The van der Waals surface area contributed by atoms with Gasteiger partial charge in [0.25, 0.3) is 0 Å². The third-order valence-electron chi connectivity index (χ3n) is 4.08. The van der Waals surface area contributed by atoms with Crippen molar-refractivity contribution in [1.82, 2.24) is 5.32 Å². The number of carbonyl (C=O) groups excluding carboxylic acids is 1. The number of ether oxygens (including phenoxy) is 2. The lowest BCUT2D eigenvalue weighted by molar-refractivity contribution is -0.137. The average molecular weight is 391 g/mol. The fourth-order valence-electron chi connectivity index (χ4n) is 2.78. The minimum atomic E-state index is -0.908. The molecule has 2 aromatic rings. The maximum absolute atomic E-state index is 12.4. The zero-order valence-corrected chi connectivity index (χ0v) is 15.2. The van der Waals surface area contributed by atoms with Crippen molar-refractivity contribution in [1.29, 1.82) is 0 Å². The molecule has 2 amide bonds. The number of benzene rings is 2. The SMILES string of the molecule is O=C(O)CCC(Cc1ccccc1)NC(=O)Nc1cc2c(cc1Cl)OCO2. The largest absolute Gasteiger partial charge is 0.481 e. The van der Waals surface area contributed by atoms with Crippen LogP contribution in [0.5, 0.6) is 11.5 Å². The Morgan fingerprint density at radius 1 is 1.15 bits per heavy atom. The van der Waals surface area contributed by atoms with E-state index in [0.717, 1.165) is 5.56 Å². The van der Waals surface area contributed by atoms with Gasteiger partial charge in [-0.3, -0.25) is 4.79 Å². The summed E-state index contributed by atoms with van der Waals surface area (Å²) in [5.74, 6) is 0.116. The Kier molecular flexibility index (Phi) is 6.03. The van der Waals surface area contributed by atoms with Crippen LogP contribution in [0.1, 0.15) is 18.4 Å². The lowest BCUT2D eigenvalue weighted by Crippen LogP contribution is -2.39. The van der Waals surface area contributed by atoms with Gasteiger partial charge in [0.2, 0.25) is 6.79 Å². The van der Waals surface area contributed by atoms with Gasteiger partial charge in [-0.15, -0.1) is 0 Å². The second-order valence-electron chi connectivity index (χ2n) is 6.10. The third-order valence-corrected chi connectivity index (χ3v) is 4.39. The van der Waals surface area contributed by atoms with E-state index >= 15 is 0 Å². The maximum atomic E-state index is 12.4. The topological polar surface area (TPSA) is 96.9 Å². The molecule has 0 fully saturated rings. The van der Waals surface area contributed by atoms with Crippen molar-refractivity contribution in [2.24, 2.45) is 0 Å². The number of aliphatic carboxylic acids is 1. The summed E-state index contributed by atoms with van der Waals surface area (Å²) in [6.07, 6.45) is 0.797. The number of hydrogen-bond donors (Lipinski definition) is 3. The summed E-state index contributed by atoms with van der Waals surface area (Å²) in [6, 6.07) is 11.9. The third kappa shape index (κ3) is 5.27. The first-order valence-corrected chi connectivity index (χ1v) is 8.81. The Morgan fingerprint density at radius 2 is 1.85 bits per heavy atom. The smallest absolute Gasteiger partial charge is 0.319 e. The second kappa shape index (κ2) is 8.64. The summed E-state index contributed by atoms with van der Waals surface area (Å²) < 4.78 is 10.5. The van der Waals surface area contributed by atoms with Gasteiger partial charge in [0.15, 0.2) is 11.5 Å². The van der Waals surface area contributed by atoms with E-state index < -0.39 is 12.0 Å². The fraction of sp³-hybridized carbons (Fsp3) is 0.263. The van der Waals surface area contributed by atoms with Crippen LogP contribution >= 0.6 is 11.6 Å². The van der Waals surface area contributed by atoms with E-state index in [4.69, 9.17) is 26.2 Å². The molecule has 0 bridgehead atoms. The molecule has 0 aliphatic carbocycles. The van der Waals surface area contributed by atoms with Crippen LogP contribution in [0.25, 0.3) is 0 Å². The van der Waals surface area contributed by atoms with Gasteiger partial charge >= 0.3 is 12.0 Å². The van der Waals surface area contributed by atoms with E-state index in [2.05, 4.69) is 10.6 Å². The molecule has 0 saturated carbocycles. The molecule has 2 aromatic carbocycles. The average Bonchev–Trinajstić information content (AvgIpc) is 3.08. The summed E-state index contributed by atoms with van der Waals surface area (Å²) in [6.45, 7) is 0.107. The Labute approximate surface area is 161 Å². The number of rotatable bonds is 7. The van der Waals surface area contributed by atoms with E-state index in [9.17, 15) is 9.59 Å². The Morgan fingerprint density at radius 3 is 2.56 bits per heavy atom. The van der Waals surface area contributed by atoms with Gasteiger partial charge in [-0.2, -0.15) is 0 Å². The zero-order chi connectivity index (χ0) is 19.2. The first-order chi connectivity index (χ1) is 13.0. The number of carboxylic acids is 1. The van der Waals surface area contributed by atoms with Gasteiger partial charge in [-0.25, -0.2) is 4.79 Å². The molecule has 1 unspecified atom stereocenters. The first-order valence-electron chi connectivity index (χ1n) is 8.43. The van der Waals surface area contributed by atoms with Crippen LogP contribution in [0.2, 0.25) is 5.02 Å². The van der Waals surface area contributed by atoms with Gasteiger partial charge < -0.3 is 25.2 Å². The molecule has 142 valence electrons. The van der Waals surface area contributed by atoms with Gasteiger partial charge in [0.05, 0.1) is 10.7 Å². The number of fused-ring (bicyclic) bond motifs is 1. The first kappa shape index (κ1) is 18.8. The zero-order valence-electron chi connectivity index (χ0n) is 14.4. The summed E-state index contributed by atoms with van der Waals surface area (Å²) in [7, 11) is 0. The molecule has 0 radical (unpaired) electrons. The summed E-state index contributed by atoms with van der Waals surface area (Å²) in [4.78, 5) is 23.3. The summed E-state index contributed by atoms with van der Waals surface area (Å²) >= 11 is 6.17. The Bertz CT molecular complexity index is 828. The van der Waals surface area contributed by atoms with E-state index in [0.29, 0.717) is 35.1 Å². The number of carbonyl (C=O) groups is 2. The van der Waals surface area contributed by atoms with Crippen molar-refractivity contribution < 1.29 is 24.2 Å². The minimum absolute atomic E-state index is 0.0391. The highest BCUT2D eigenvalue weighted by atomic mass is 35.5. The van der Waals surface area contributed by atoms with E-state index in [1.54, 1.807) is 12.1 Å². The molecule has 0 spiro atoms. The van der Waals surface area contributed by atoms with E-state index in [1.165, 1.54) is 0 Å². The molecule has 1 atom stereocenters. The van der Waals surface area contributed by atoms with Gasteiger partial charge in [-0.1, -0.05) is 41.9 Å². The molecule has 8 heteroatoms. The molecule has 3 rings (SSSR count). The highest BCUT2D eigenvalue weighted by Crippen LogP contribution is 2.39. The van der Waals surface area contributed by atoms with Crippen LogP contribution in [0.15, 0.2) is 42.5 Å². The van der Waals surface area contributed by atoms with Crippen molar-refractivity contribution in [2.45, 2.75) is 25.3 Å². The Hall–Kier alpha value is -2.93. The lowest BCUT2D eigenvalue weighted by atomic mass is 10.0. The normalized spacial score (nSPS) is 13.1. The molecule has 3 N–H and O–H groups in total. The molecule has 0 saturated heterocycles. The molecule has 1 aliphatic heterocycles. The van der Waals surface area contributed by atoms with E-state index in [1.807, 2.05) is 30.3 Å². The number of carboxylic acid groups (broad SMARTS) is 1. The molecule has 0 aromatic heterocycles. The highest BCUT2D eigenvalue weighted by molar-refractivity contribution is 6.34. The number of urea groups is 1. The number of amides is 2. The van der Waals surface area contributed by atoms with Crippen molar-refractivity contribution in [2.75, 3.05) is 12.1 Å². The Balaban J connectivity index is 1.65. The number of nitrogens with one attached hydrogen (secondary N) is 2. The summed E-state index contributed by atoms with van der Waals surface area (Å²) in [5.41, 5.74) is 1.39.